The van der Waals surface area contributed by atoms with Gasteiger partial charge in [-0.3, -0.25) is 13.8 Å². The number of anilines is 1. The van der Waals surface area contributed by atoms with Crippen LogP contribution in [0.25, 0.3) is 16.9 Å². The SMILES string of the molecule is CC(C)(C)Nc1c(-c2cc(=O)n3c(c2C2CC2)SCC3C(=O)O)nc2cc(C(F)(F)F)ccn12. The summed E-state index contributed by atoms with van der Waals surface area (Å²) in [5.41, 5.74) is 0.177. The molecule has 1 aliphatic heterocycles. The maximum Gasteiger partial charge on any atom is 0.416 e. The van der Waals surface area contributed by atoms with Gasteiger partial charge in [0.2, 0.25) is 0 Å². The highest BCUT2D eigenvalue weighted by atomic mass is 32.2. The number of carboxylic acid groups (broad SMARTS) is 1. The molecule has 4 heterocycles. The van der Waals surface area contributed by atoms with Crippen molar-refractivity contribution in [3.8, 4) is 11.3 Å². The van der Waals surface area contributed by atoms with Crippen LogP contribution in [-0.4, -0.2) is 36.3 Å². The first-order chi connectivity index (χ1) is 15.8. The molecule has 2 aliphatic rings. The molecule has 11 heteroatoms. The molecule has 5 rings (SSSR count). The molecule has 1 unspecified atom stereocenters. The van der Waals surface area contributed by atoms with E-state index in [2.05, 4.69) is 10.3 Å². The third-order valence-corrected chi connectivity index (χ3v) is 7.08. The van der Waals surface area contributed by atoms with Gasteiger partial charge in [0.15, 0.2) is 0 Å². The van der Waals surface area contributed by atoms with E-state index < -0.39 is 34.8 Å². The molecule has 0 aromatic carbocycles. The Hall–Kier alpha value is -2.95. The van der Waals surface area contributed by atoms with Crippen LogP contribution < -0.4 is 10.9 Å². The lowest BCUT2D eigenvalue weighted by Gasteiger charge is -2.23. The summed E-state index contributed by atoms with van der Waals surface area (Å²) < 4.78 is 43.0. The van der Waals surface area contributed by atoms with Crippen molar-refractivity contribution >= 4 is 29.2 Å². The minimum absolute atomic E-state index is 0.106. The summed E-state index contributed by atoms with van der Waals surface area (Å²) >= 11 is 1.33. The van der Waals surface area contributed by atoms with E-state index in [0.29, 0.717) is 22.1 Å². The van der Waals surface area contributed by atoms with Crippen molar-refractivity contribution in [2.24, 2.45) is 0 Å². The minimum atomic E-state index is -4.51. The zero-order chi connectivity index (χ0) is 24.6. The average Bonchev–Trinajstić information content (AvgIpc) is 3.34. The van der Waals surface area contributed by atoms with Gasteiger partial charge < -0.3 is 10.4 Å². The first-order valence-electron chi connectivity index (χ1n) is 10.9. The van der Waals surface area contributed by atoms with Crippen molar-refractivity contribution in [3.05, 3.63) is 45.9 Å². The van der Waals surface area contributed by atoms with Crippen molar-refractivity contribution in [3.63, 3.8) is 0 Å². The van der Waals surface area contributed by atoms with E-state index in [-0.39, 0.29) is 17.3 Å². The summed E-state index contributed by atoms with van der Waals surface area (Å²) in [6.45, 7) is 5.77. The van der Waals surface area contributed by atoms with Crippen LogP contribution in [0.2, 0.25) is 0 Å². The quantitative estimate of drug-likeness (QED) is 0.533. The van der Waals surface area contributed by atoms with Crippen LogP contribution in [0.1, 0.15) is 56.7 Å². The predicted octanol–water partition coefficient (Wildman–Crippen LogP) is 5.00. The van der Waals surface area contributed by atoms with Crippen molar-refractivity contribution in [2.75, 3.05) is 11.1 Å². The molecule has 7 nitrogen and oxygen atoms in total. The van der Waals surface area contributed by atoms with Gasteiger partial charge in [0.25, 0.3) is 5.56 Å². The van der Waals surface area contributed by atoms with Gasteiger partial charge in [-0.2, -0.15) is 13.2 Å². The molecule has 0 radical (unpaired) electrons. The highest BCUT2D eigenvalue weighted by Gasteiger charge is 2.39. The Labute approximate surface area is 197 Å². The zero-order valence-electron chi connectivity index (χ0n) is 18.7. The minimum Gasteiger partial charge on any atom is -0.480 e. The lowest BCUT2D eigenvalue weighted by atomic mass is 10.0. The number of nitrogens with zero attached hydrogens (tertiary/aromatic N) is 3. The van der Waals surface area contributed by atoms with Gasteiger partial charge in [0.1, 0.15) is 23.2 Å². The van der Waals surface area contributed by atoms with Gasteiger partial charge in [0.05, 0.1) is 10.6 Å². The molecule has 180 valence electrons. The molecule has 3 aromatic heterocycles. The van der Waals surface area contributed by atoms with E-state index in [1.807, 2.05) is 20.8 Å². The molecule has 0 spiro atoms. The first kappa shape index (κ1) is 22.8. The number of aromatic nitrogens is 3. The van der Waals surface area contributed by atoms with Gasteiger partial charge >= 0.3 is 12.1 Å². The topological polar surface area (TPSA) is 88.6 Å². The molecule has 1 aliphatic carbocycles. The van der Waals surface area contributed by atoms with E-state index in [1.165, 1.54) is 28.6 Å². The fourth-order valence-electron chi connectivity index (χ4n) is 4.32. The number of carbonyl (C=O) groups is 1. The Kier molecular flexibility index (Phi) is 5.05. The Morgan fingerprint density at radius 2 is 1.94 bits per heavy atom. The number of pyridine rings is 2. The number of carboxylic acids is 1. The summed E-state index contributed by atoms with van der Waals surface area (Å²) in [6.07, 6.45) is -1.40. The molecule has 1 atom stereocenters. The van der Waals surface area contributed by atoms with E-state index in [4.69, 9.17) is 0 Å². The Bertz CT molecular complexity index is 1380. The highest BCUT2D eigenvalue weighted by Crippen LogP contribution is 2.51. The van der Waals surface area contributed by atoms with Crippen molar-refractivity contribution in [1.82, 2.24) is 14.0 Å². The van der Waals surface area contributed by atoms with Gasteiger partial charge in [-0.15, -0.1) is 11.8 Å². The number of imidazole rings is 1. The van der Waals surface area contributed by atoms with Crippen LogP contribution in [0.3, 0.4) is 0 Å². The number of nitrogens with one attached hydrogen (secondary N) is 1. The van der Waals surface area contributed by atoms with E-state index >= 15 is 0 Å². The molecule has 0 bridgehead atoms. The van der Waals surface area contributed by atoms with Crippen LogP contribution in [0.15, 0.2) is 34.2 Å². The number of hydrogen-bond acceptors (Lipinski definition) is 5. The van der Waals surface area contributed by atoms with Crippen molar-refractivity contribution in [2.45, 2.75) is 62.3 Å². The van der Waals surface area contributed by atoms with Crippen LogP contribution in [-0.2, 0) is 11.0 Å². The highest BCUT2D eigenvalue weighted by molar-refractivity contribution is 7.99. The molecule has 3 aromatic rings. The molecular weight excluding hydrogens is 469 g/mol. The molecule has 1 fully saturated rings. The summed E-state index contributed by atoms with van der Waals surface area (Å²) in [4.78, 5) is 29.4. The third kappa shape index (κ3) is 3.85. The summed E-state index contributed by atoms with van der Waals surface area (Å²) in [5.74, 6) is -0.179. The van der Waals surface area contributed by atoms with Crippen LogP contribution >= 0.6 is 11.8 Å². The predicted molar refractivity (Wildman–Crippen MR) is 123 cm³/mol. The Morgan fingerprint density at radius 3 is 2.53 bits per heavy atom. The lowest BCUT2D eigenvalue weighted by molar-refractivity contribution is -0.140. The van der Waals surface area contributed by atoms with Crippen LogP contribution in [0.4, 0.5) is 19.0 Å². The number of alkyl halides is 3. The lowest BCUT2D eigenvalue weighted by Crippen LogP contribution is -2.29. The fraction of sp³-hybridized carbons (Fsp3) is 0.435. The number of fused-ring (bicyclic) bond motifs is 2. The number of thioether (sulfide) groups is 1. The Morgan fingerprint density at radius 1 is 1.24 bits per heavy atom. The maximum atomic E-state index is 13.4. The van der Waals surface area contributed by atoms with Crippen molar-refractivity contribution in [1.29, 1.82) is 0 Å². The monoisotopic (exact) mass is 492 g/mol. The third-order valence-electron chi connectivity index (χ3n) is 5.91. The smallest absolute Gasteiger partial charge is 0.416 e. The normalized spacial score (nSPS) is 18.4. The largest absolute Gasteiger partial charge is 0.480 e. The van der Waals surface area contributed by atoms with Gasteiger partial charge in [-0.05, 0) is 57.2 Å². The number of halogens is 3. The van der Waals surface area contributed by atoms with E-state index in [9.17, 15) is 27.9 Å². The van der Waals surface area contributed by atoms with Gasteiger partial charge in [0, 0.05) is 29.1 Å². The average molecular weight is 493 g/mol. The van der Waals surface area contributed by atoms with Crippen molar-refractivity contribution < 1.29 is 23.1 Å². The summed E-state index contributed by atoms with van der Waals surface area (Å²) in [6, 6.07) is 2.43. The molecular formula is C23H23F3N4O3S. The number of aliphatic carboxylic acids is 1. The summed E-state index contributed by atoms with van der Waals surface area (Å²) in [5, 5.41) is 13.5. The second-order valence-electron chi connectivity index (χ2n) is 9.75. The second-order valence-corrected chi connectivity index (χ2v) is 10.8. The standard InChI is InChI=1S/C23H23F3N4O3S/c1-22(2,3)28-19-18(27-15-8-12(23(24,25)26)6-7-29(15)19)13-9-16(31)30-14(21(32)33)10-34-20(30)17(13)11-4-5-11/h6-9,11,14,28H,4-5,10H2,1-3H3,(H,32,33). The van der Waals surface area contributed by atoms with Crippen LogP contribution in [0, 0.1) is 0 Å². The van der Waals surface area contributed by atoms with E-state index in [1.54, 1.807) is 4.40 Å². The Balaban J connectivity index is 1.79. The molecule has 0 saturated heterocycles. The second kappa shape index (κ2) is 7.53. The molecule has 0 amide bonds. The van der Waals surface area contributed by atoms with Crippen LogP contribution in [0.5, 0.6) is 0 Å². The first-order valence-corrected chi connectivity index (χ1v) is 11.9. The molecule has 2 N–H and O–H groups in total. The summed E-state index contributed by atoms with van der Waals surface area (Å²) in [7, 11) is 0. The molecule has 34 heavy (non-hydrogen) atoms. The maximum absolute atomic E-state index is 13.4. The van der Waals surface area contributed by atoms with E-state index in [0.717, 1.165) is 30.5 Å². The van der Waals surface area contributed by atoms with Gasteiger partial charge in [-0.1, -0.05) is 0 Å². The van der Waals surface area contributed by atoms with Gasteiger partial charge in [-0.25, -0.2) is 9.78 Å². The number of rotatable bonds is 4. The number of hydrogen-bond donors (Lipinski definition) is 2. The zero-order valence-corrected chi connectivity index (χ0v) is 19.5. The fourth-order valence-corrected chi connectivity index (χ4v) is 5.71. The molecule has 1 saturated carbocycles.